The van der Waals surface area contributed by atoms with Crippen LogP contribution in [-0.2, 0) is 23.1 Å². The molecule has 0 radical (unpaired) electrons. The second-order valence-electron chi connectivity index (χ2n) is 6.27. The molecule has 0 N–H and O–H groups in total. The Balaban J connectivity index is 3.69. The second kappa shape index (κ2) is 11.3. The van der Waals surface area contributed by atoms with Gasteiger partial charge in [-0.15, -0.1) is 0 Å². The molecule has 0 aliphatic carbocycles. The van der Waals surface area contributed by atoms with Crippen LogP contribution in [0.4, 0.5) is 0 Å². The molecule has 28 heavy (non-hydrogen) atoms. The Bertz CT molecular complexity index is 682. The fourth-order valence-corrected chi connectivity index (χ4v) is 5.41. The second-order valence-corrected chi connectivity index (χ2v) is 8.42. The van der Waals surface area contributed by atoms with Crippen LogP contribution in [0.2, 0.25) is 0 Å². The third-order valence-corrected chi connectivity index (χ3v) is 6.84. The molecule has 3 atom stereocenters. The molecule has 0 aromatic heterocycles. The van der Waals surface area contributed by atoms with E-state index in [2.05, 4.69) is 0 Å². The molecule has 0 spiro atoms. The van der Waals surface area contributed by atoms with Crippen molar-refractivity contribution in [3.8, 4) is 0 Å². The maximum absolute atomic E-state index is 13.6. The van der Waals surface area contributed by atoms with E-state index in [9.17, 15) is 19.5 Å². The molecule has 0 aliphatic heterocycles. The molecule has 0 aliphatic rings. The number of esters is 1. The zero-order valence-electron chi connectivity index (χ0n) is 17.1. The summed E-state index contributed by atoms with van der Waals surface area (Å²) in [6, 6.07) is 5.85. The number of carbonyl (C=O) groups excluding carboxylic acids is 1. The Kier molecular flexibility index (Phi) is 9.79. The first-order chi connectivity index (χ1) is 13.2. The van der Waals surface area contributed by atoms with Crippen molar-refractivity contribution in [2.45, 2.75) is 58.7 Å². The maximum atomic E-state index is 13.6. The quantitative estimate of drug-likeness (QED) is 0.216. The SMILES string of the molecule is CCOC(=O)C(C(c1ccc(C)cc1)C(CC)[N+](=O)[O-])P(=O)(OCC)OCC. The van der Waals surface area contributed by atoms with Crippen LogP contribution in [0, 0.1) is 17.0 Å². The zero-order chi connectivity index (χ0) is 21.3. The number of rotatable bonds is 12. The molecule has 9 heteroatoms. The summed E-state index contributed by atoms with van der Waals surface area (Å²) in [5, 5.41) is 11.8. The van der Waals surface area contributed by atoms with Crippen molar-refractivity contribution in [1.82, 2.24) is 0 Å². The van der Waals surface area contributed by atoms with Gasteiger partial charge in [-0.25, -0.2) is 0 Å². The Morgan fingerprint density at radius 3 is 2.00 bits per heavy atom. The largest absolute Gasteiger partial charge is 0.465 e. The number of hydrogen-bond donors (Lipinski definition) is 0. The third-order valence-electron chi connectivity index (χ3n) is 4.39. The Morgan fingerprint density at radius 2 is 1.61 bits per heavy atom. The van der Waals surface area contributed by atoms with Crippen LogP contribution in [0.25, 0.3) is 0 Å². The molecule has 0 saturated carbocycles. The molecular formula is C19H30NO7P. The van der Waals surface area contributed by atoms with Crippen molar-refractivity contribution in [2.75, 3.05) is 19.8 Å². The highest BCUT2D eigenvalue weighted by molar-refractivity contribution is 7.55. The minimum absolute atomic E-state index is 0.0308. The van der Waals surface area contributed by atoms with Gasteiger partial charge in [0.15, 0.2) is 5.66 Å². The molecule has 1 aromatic carbocycles. The molecule has 1 aromatic rings. The number of nitro groups is 1. The molecule has 1 rings (SSSR count). The number of hydrogen-bond acceptors (Lipinski definition) is 7. The lowest BCUT2D eigenvalue weighted by Gasteiger charge is -2.32. The monoisotopic (exact) mass is 415 g/mol. The van der Waals surface area contributed by atoms with Gasteiger partial charge in [-0.3, -0.25) is 19.5 Å². The summed E-state index contributed by atoms with van der Waals surface area (Å²) >= 11 is 0. The maximum Gasteiger partial charge on any atom is 0.345 e. The predicted octanol–water partition coefficient (Wildman–Crippen LogP) is 4.33. The van der Waals surface area contributed by atoms with E-state index in [1.807, 2.05) is 6.92 Å². The van der Waals surface area contributed by atoms with Gasteiger partial charge in [0.1, 0.15) is 0 Å². The summed E-state index contributed by atoms with van der Waals surface area (Å²) in [4.78, 5) is 24.3. The van der Waals surface area contributed by atoms with E-state index < -0.39 is 36.1 Å². The lowest BCUT2D eigenvalue weighted by molar-refractivity contribution is -0.527. The number of nitrogens with zero attached hydrogens (tertiary/aromatic N) is 1. The first kappa shape index (κ1) is 24.3. The van der Waals surface area contributed by atoms with Crippen LogP contribution in [0.1, 0.15) is 51.2 Å². The van der Waals surface area contributed by atoms with Crippen LogP contribution in [0.15, 0.2) is 24.3 Å². The topological polar surface area (TPSA) is 105 Å². The van der Waals surface area contributed by atoms with Crippen molar-refractivity contribution < 1.29 is 28.1 Å². The number of carbonyl (C=O) groups is 1. The average Bonchev–Trinajstić information content (AvgIpc) is 2.62. The minimum atomic E-state index is -4.03. The summed E-state index contributed by atoms with van der Waals surface area (Å²) < 4.78 is 29.6. The van der Waals surface area contributed by atoms with E-state index in [4.69, 9.17) is 13.8 Å². The van der Waals surface area contributed by atoms with Gasteiger partial charge in [0, 0.05) is 11.3 Å². The van der Waals surface area contributed by atoms with E-state index in [0.29, 0.717) is 5.56 Å². The lowest BCUT2D eigenvalue weighted by atomic mass is 9.86. The average molecular weight is 415 g/mol. The van der Waals surface area contributed by atoms with Gasteiger partial charge in [0.25, 0.3) is 0 Å². The smallest absolute Gasteiger partial charge is 0.345 e. The Morgan fingerprint density at radius 1 is 1.07 bits per heavy atom. The van der Waals surface area contributed by atoms with E-state index in [1.165, 1.54) is 0 Å². The zero-order valence-corrected chi connectivity index (χ0v) is 18.0. The molecule has 0 saturated heterocycles. The molecule has 0 heterocycles. The highest BCUT2D eigenvalue weighted by Gasteiger charge is 2.53. The molecule has 0 fully saturated rings. The van der Waals surface area contributed by atoms with Crippen molar-refractivity contribution >= 4 is 13.6 Å². The lowest BCUT2D eigenvalue weighted by Crippen LogP contribution is -2.41. The number of ether oxygens (including phenoxy) is 1. The van der Waals surface area contributed by atoms with Crippen molar-refractivity contribution in [1.29, 1.82) is 0 Å². The van der Waals surface area contributed by atoms with Gasteiger partial charge in [-0.2, -0.15) is 0 Å². The van der Waals surface area contributed by atoms with E-state index >= 15 is 0 Å². The molecular weight excluding hydrogens is 385 g/mol. The predicted molar refractivity (Wildman–Crippen MR) is 106 cm³/mol. The molecule has 158 valence electrons. The Labute approximate surface area is 166 Å². The van der Waals surface area contributed by atoms with Crippen molar-refractivity contribution in [3.05, 3.63) is 45.5 Å². The Hall–Kier alpha value is -1.76. The highest BCUT2D eigenvalue weighted by Crippen LogP contribution is 2.58. The summed E-state index contributed by atoms with van der Waals surface area (Å²) in [6.45, 7) is 8.52. The van der Waals surface area contributed by atoms with Gasteiger partial charge in [-0.05, 0) is 33.3 Å². The first-order valence-electron chi connectivity index (χ1n) is 9.51. The van der Waals surface area contributed by atoms with Crippen LogP contribution in [0.5, 0.6) is 0 Å². The first-order valence-corrected chi connectivity index (χ1v) is 11.1. The fraction of sp³-hybridized carbons (Fsp3) is 0.632. The molecule has 0 bridgehead atoms. The van der Waals surface area contributed by atoms with E-state index in [0.717, 1.165) is 5.56 Å². The highest BCUT2D eigenvalue weighted by atomic mass is 31.2. The summed E-state index contributed by atoms with van der Waals surface area (Å²) in [5.41, 5.74) is 0.0411. The van der Waals surface area contributed by atoms with Crippen molar-refractivity contribution in [3.63, 3.8) is 0 Å². The van der Waals surface area contributed by atoms with Gasteiger partial charge >= 0.3 is 13.6 Å². The van der Waals surface area contributed by atoms with Gasteiger partial charge in [0.2, 0.25) is 6.04 Å². The van der Waals surface area contributed by atoms with Gasteiger partial charge in [0.05, 0.1) is 25.7 Å². The normalized spacial score (nSPS) is 14.9. The summed E-state index contributed by atoms with van der Waals surface area (Å²) in [6.07, 6.45) is 0.139. The standard InChI is InChI=1S/C19H30NO7P/c1-6-16(20(22)23)17(15-12-10-14(5)11-13-15)18(19(21)25-7-2)28(24,26-8-3)27-9-4/h10-13,16-18H,6-9H2,1-5H3. The number of aryl methyl sites for hydroxylation is 1. The van der Waals surface area contributed by atoms with Crippen LogP contribution >= 0.6 is 7.60 Å². The number of benzene rings is 1. The van der Waals surface area contributed by atoms with Gasteiger partial charge in [-0.1, -0.05) is 36.8 Å². The minimum Gasteiger partial charge on any atom is -0.465 e. The van der Waals surface area contributed by atoms with Crippen LogP contribution < -0.4 is 0 Å². The van der Waals surface area contributed by atoms with Crippen LogP contribution in [-0.4, -0.2) is 42.4 Å². The molecule has 0 amide bonds. The van der Waals surface area contributed by atoms with Crippen molar-refractivity contribution in [2.24, 2.45) is 0 Å². The molecule has 3 unspecified atom stereocenters. The third kappa shape index (κ3) is 5.87. The van der Waals surface area contributed by atoms with E-state index in [1.54, 1.807) is 52.0 Å². The van der Waals surface area contributed by atoms with Crippen LogP contribution in [0.3, 0.4) is 0 Å². The summed E-state index contributed by atoms with van der Waals surface area (Å²) in [5.74, 6) is -1.85. The fourth-order valence-electron chi connectivity index (χ4n) is 3.20. The molecule has 8 nitrogen and oxygen atoms in total. The summed E-state index contributed by atoms with van der Waals surface area (Å²) in [7, 11) is -4.03. The van der Waals surface area contributed by atoms with E-state index in [-0.39, 0.29) is 26.2 Å². The van der Waals surface area contributed by atoms with Gasteiger partial charge < -0.3 is 13.8 Å².